The highest BCUT2D eigenvalue weighted by Crippen LogP contribution is 2.19. The Morgan fingerprint density at radius 2 is 1.78 bits per heavy atom. The summed E-state index contributed by atoms with van der Waals surface area (Å²) in [4.78, 5) is 22.5. The summed E-state index contributed by atoms with van der Waals surface area (Å²) in [6.45, 7) is 1.85. The number of hydrogen-bond acceptors (Lipinski definition) is 4. The van der Waals surface area contributed by atoms with Gasteiger partial charge in [0.25, 0.3) is 0 Å². The van der Waals surface area contributed by atoms with E-state index in [0.717, 1.165) is 18.4 Å². The molecule has 6 heteroatoms. The summed E-state index contributed by atoms with van der Waals surface area (Å²) in [5.74, 6) is 0. The zero-order chi connectivity index (χ0) is 18.5. The highest BCUT2D eigenvalue weighted by molar-refractivity contribution is 5.86. The van der Waals surface area contributed by atoms with Crippen LogP contribution in [0.2, 0.25) is 0 Å². The van der Waals surface area contributed by atoms with Gasteiger partial charge in [-0.3, -0.25) is 0 Å². The van der Waals surface area contributed by atoms with E-state index in [0.29, 0.717) is 25.6 Å². The van der Waals surface area contributed by atoms with Gasteiger partial charge in [0.15, 0.2) is 0 Å². The van der Waals surface area contributed by atoms with E-state index in [1.54, 1.807) is 18.5 Å². The predicted molar refractivity (Wildman–Crippen MR) is 103 cm³/mol. The van der Waals surface area contributed by atoms with Crippen molar-refractivity contribution in [2.24, 2.45) is 0 Å². The molecule has 0 saturated carbocycles. The second kappa shape index (κ2) is 8.03. The number of fused-ring (bicyclic) bond motifs is 1. The number of rotatable bonds is 4. The Hall–Kier alpha value is -3.15. The van der Waals surface area contributed by atoms with E-state index in [-0.39, 0.29) is 12.1 Å². The number of hydrogen-bond donors (Lipinski definition) is 1. The first-order chi connectivity index (χ1) is 13.3. The molecule has 6 nitrogen and oxygen atoms in total. The summed E-state index contributed by atoms with van der Waals surface area (Å²) in [5, 5.41) is 5.41. The summed E-state index contributed by atoms with van der Waals surface area (Å²) < 4.78 is 5.78. The monoisotopic (exact) mass is 362 g/mol. The molecule has 2 aromatic carbocycles. The standard InChI is InChI=1S/C21H22N4O2/c26-21(24-15-17-7-3-6-16-5-1-2-8-19(16)17)25-13-9-18(10-14-25)27-20-22-11-4-12-23-20/h1-8,11-12,18H,9-10,13-15H2,(H,24,26). The van der Waals surface area contributed by atoms with Crippen LogP contribution in [-0.4, -0.2) is 40.1 Å². The average Bonchev–Trinajstić information content (AvgIpc) is 2.73. The summed E-state index contributed by atoms with van der Waals surface area (Å²) in [7, 11) is 0. The molecule has 2 amide bonds. The maximum absolute atomic E-state index is 12.5. The van der Waals surface area contributed by atoms with E-state index in [4.69, 9.17) is 4.74 Å². The summed E-state index contributed by atoms with van der Waals surface area (Å²) in [6.07, 6.45) is 4.94. The van der Waals surface area contributed by atoms with Gasteiger partial charge in [0.2, 0.25) is 0 Å². The predicted octanol–water partition coefficient (Wildman–Crippen LogP) is 3.38. The van der Waals surface area contributed by atoms with Gasteiger partial charge in [0.05, 0.1) is 0 Å². The SMILES string of the molecule is O=C(NCc1cccc2ccccc12)N1CCC(Oc2ncccn2)CC1. The van der Waals surface area contributed by atoms with Crippen molar-refractivity contribution in [1.29, 1.82) is 0 Å². The van der Waals surface area contributed by atoms with Crippen LogP contribution in [0.1, 0.15) is 18.4 Å². The van der Waals surface area contributed by atoms with Crippen LogP contribution in [0.4, 0.5) is 4.79 Å². The van der Waals surface area contributed by atoms with E-state index in [2.05, 4.69) is 39.6 Å². The molecule has 1 aliphatic heterocycles. The molecule has 1 N–H and O–H groups in total. The normalized spacial score (nSPS) is 14.9. The molecule has 0 aliphatic carbocycles. The van der Waals surface area contributed by atoms with Gasteiger partial charge in [-0.25, -0.2) is 14.8 Å². The zero-order valence-electron chi connectivity index (χ0n) is 15.0. The van der Waals surface area contributed by atoms with E-state index >= 15 is 0 Å². The average molecular weight is 362 g/mol. The van der Waals surface area contributed by atoms with Gasteiger partial charge >= 0.3 is 12.0 Å². The van der Waals surface area contributed by atoms with E-state index in [1.807, 2.05) is 23.1 Å². The van der Waals surface area contributed by atoms with Crippen molar-refractivity contribution >= 4 is 16.8 Å². The lowest BCUT2D eigenvalue weighted by Gasteiger charge is -2.31. The minimum Gasteiger partial charge on any atom is -0.460 e. The van der Waals surface area contributed by atoms with Crippen LogP contribution >= 0.6 is 0 Å². The maximum Gasteiger partial charge on any atom is 0.317 e. The molecule has 1 saturated heterocycles. The number of nitrogens with zero attached hydrogens (tertiary/aromatic N) is 3. The Balaban J connectivity index is 1.29. The number of carbonyl (C=O) groups excluding carboxylic acids is 1. The van der Waals surface area contributed by atoms with Gasteiger partial charge in [-0.05, 0) is 22.4 Å². The van der Waals surface area contributed by atoms with Crippen molar-refractivity contribution in [3.63, 3.8) is 0 Å². The molecule has 1 aliphatic rings. The maximum atomic E-state index is 12.5. The third-order valence-corrected chi connectivity index (χ3v) is 4.85. The summed E-state index contributed by atoms with van der Waals surface area (Å²) in [5.41, 5.74) is 1.13. The lowest BCUT2D eigenvalue weighted by Crippen LogP contribution is -2.46. The largest absolute Gasteiger partial charge is 0.460 e. The van der Waals surface area contributed by atoms with Crippen molar-refractivity contribution in [3.8, 4) is 6.01 Å². The number of urea groups is 1. The van der Waals surface area contributed by atoms with Crippen LogP contribution in [0.15, 0.2) is 60.9 Å². The summed E-state index contributed by atoms with van der Waals surface area (Å²) in [6, 6.07) is 16.5. The van der Waals surface area contributed by atoms with E-state index < -0.39 is 0 Å². The fraction of sp³-hybridized carbons (Fsp3) is 0.286. The first-order valence-corrected chi connectivity index (χ1v) is 9.23. The molecule has 1 fully saturated rings. The van der Waals surface area contributed by atoms with Crippen LogP contribution in [0, 0.1) is 0 Å². The minimum absolute atomic E-state index is 0.0302. The molecular weight excluding hydrogens is 340 g/mol. The lowest BCUT2D eigenvalue weighted by molar-refractivity contribution is 0.103. The number of aromatic nitrogens is 2. The Labute approximate surface area is 158 Å². The molecule has 0 radical (unpaired) electrons. The van der Waals surface area contributed by atoms with Gasteiger partial charge in [0.1, 0.15) is 6.10 Å². The molecule has 2 heterocycles. The zero-order valence-corrected chi connectivity index (χ0v) is 15.0. The number of ether oxygens (including phenoxy) is 1. The molecular formula is C21H22N4O2. The Kier molecular flexibility index (Phi) is 5.14. The molecule has 138 valence electrons. The molecule has 0 atom stereocenters. The first kappa shape index (κ1) is 17.3. The van der Waals surface area contributed by atoms with E-state index in [1.165, 1.54) is 10.8 Å². The van der Waals surface area contributed by atoms with Crippen molar-refractivity contribution in [2.75, 3.05) is 13.1 Å². The van der Waals surface area contributed by atoms with Gasteiger partial charge < -0.3 is 15.0 Å². The van der Waals surface area contributed by atoms with E-state index in [9.17, 15) is 4.79 Å². The third-order valence-electron chi connectivity index (χ3n) is 4.85. The van der Waals surface area contributed by atoms with Crippen molar-refractivity contribution < 1.29 is 9.53 Å². The highest BCUT2D eigenvalue weighted by atomic mass is 16.5. The molecule has 0 bridgehead atoms. The second-order valence-electron chi connectivity index (χ2n) is 6.63. The van der Waals surface area contributed by atoms with Crippen LogP contribution < -0.4 is 10.1 Å². The number of nitrogens with one attached hydrogen (secondary N) is 1. The number of likely N-dealkylation sites (tertiary alicyclic amines) is 1. The quantitative estimate of drug-likeness (QED) is 0.773. The van der Waals surface area contributed by atoms with Crippen molar-refractivity contribution in [2.45, 2.75) is 25.5 Å². The smallest absolute Gasteiger partial charge is 0.317 e. The fourth-order valence-corrected chi connectivity index (χ4v) is 3.40. The van der Waals surface area contributed by atoms with Gasteiger partial charge in [0, 0.05) is 44.9 Å². The third kappa shape index (κ3) is 4.16. The highest BCUT2D eigenvalue weighted by Gasteiger charge is 2.24. The minimum atomic E-state index is -0.0302. The Morgan fingerprint density at radius 3 is 2.59 bits per heavy atom. The van der Waals surface area contributed by atoms with Crippen molar-refractivity contribution in [1.82, 2.24) is 20.2 Å². The number of piperidine rings is 1. The second-order valence-corrected chi connectivity index (χ2v) is 6.63. The Morgan fingerprint density at radius 1 is 1.04 bits per heavy atom. The molecule has 1 aromatic heterocycles. The molecule has 0 spiro atoms. The molecule has 3 aromatic rings. The summed E-state index contributed by atoms with van der Waals surface area (Å²) >= 11 is 0. The molecule has 4 rings (SSSR count). The number of amides is 2. The molecule has 0 unspecified atom stereocenters. The van der Waals surface area contributed by atoms with Gasteiger partial charge in [-0.1, -0.05) is 42.5 Å². The van der Waals surface area contributed by atoms with Gasteiger partial charge in [-0.2, -0.15) is 0 Å². The topological polar surface area (TPSA) is 67.4 Å². The van der Waals surface area contributed by atoms with Crippen molar-refractivity contribution in [3.05, 3.63) is 66.5 Å². The van der Waals surface area contributed by atoms with Crippen LogP contribution in [0.3, 0.4) is 0 Å². The first-order valence-electron chi connectivity index (χ1n) is 9.23. The van der Waals surface area contributed by atoms with Crippen LogP contribution in [0.5, 0.6) is 6.01 Å². The van der Waals surface area contributed by atoms with Gasteiger partial charge in [-0.15, -0.1) is 0 Å². The van der Waals surface area contributed by atoms with Crippen LogP contribution in [-0.2, 0) is 6.54 Å². The molecule has 27 heavy (non-hydrogen) atoms. The van der Waals surface area contributed by atoms with Crippen LogP contribution in [0.25, 0.3) is 10.8 Å². The number of benzene rings is 2. The fourth-order valence-electron chi connectivity index (χ4n) is 3.40. The number of carbonyl (C=O) groups is 1. The lowest BCUT2D eigenvalue weighted by atomic mass is 10.0. The Bertz CT molecular complexity index is 903.